The van der Waals surface area contributed by atoms with Crippen LogP contribution in [0.15, 0.2) is 18.2 Å². The van der Waals surface area contributed by atoms with Crippen LogP contribution in [0, 0.1) is 6.58 Å². The van der Waals surface area contributed by atoms with E-state index in [9.17, 15) is 0 Å². The Bertz CT molecular complexity index is 45.9. The SMILES string of the molecule is [CH-]=C/C=C/C.[Ir]. The van der Waals surface area contributed by atoms with Crippen LogP contribution in [0.2, 0.25) is 0 Å². The maximum atomic E-state index is 4.93. The summed E-state index contributed by atoms with van der Waals surface area (Å²) < 4.78 is 0. The third-order valence-corrected chi connectivity index (χ3v) is 0.304. The third-order valence-electron chi connectivity index (χ3n) is 0.304. The molecule has 0 aromatic carbocycles. The molecule has 1 radical (unpaired) electrons. The maximum Gasteiger partial charge on any atom is 0 e. The van der Waals surface area contributed by atoms with Gasteiger partial charge in [-0.05, 0) is 0 Å². The van der Waals surface area contributed by atoms with Gasteiger partial charge in [0.1, 0.15) is 0 Å². The van der Waals surface area contributed by atoms with Gasteiger partial charge in [0, 0.05) is 20.1 Å². The average molecular weight is 259 g/mol. The van der Waals surface area contributed by atoms with Gasteiger partial charge < -0.3 is 0 Å². The number of hydrogen-bond acceptors (Lipinski definition) is 0. The van der Waals surface area contributed by atoms with E-state index in [0.717, 1.165) is 0 Å². The summed E-state index contributed by atoms with van der Waals surface area (Å²) in [6.07, 6.45) is 5.15. The van der Waals surface area contributed by atoms with Crippen molar-refractivity contribution < 1.29 is 20.1 Å². The Morgan fingerprint density at radius 2 is 2.00 bits per heavy atom. The minimum atomic E-state index is 0. The van der Waals surface area contributed by atoms with Gasteiger partial charge in [0.15, 0.2) is 0 Å². The summed E-state index contributed by atoms with van der Waals surface area (Å²) in [6.45, 7) is 6.85. The molecule has 0 fully saturated rings. The van der Waals surface area contributed by atoms with Crippen molar-refractivity contribution in [3.05, 3.63) is 24.8 Å². The monoisotopic (exact) mass is 260 g/mol. The topological polar surface area (TPSA) is 0 Å². The van der Waals surface area contributed by atoms with Crippen LogP contribution in [-0.4, -0.2) is 0 Å². The predicted molar refractivity (Wildman–Crippen MR) is 23.7 cm³/mol. The fourth-order valence-corrected chi connectivity index (χ4v) is 0.111. The molecule has 0 heterocycles. The molecular weight excluding hydrogens is 252 g/mol. The third kappa shape index (κ3) is 8.92. The Balaban J connectivity index is 0. The Labute approximate surface area is 52.3 Å². The van der Waals surface area contributed by atoms with Crippen molar-refractivity contribution in [2.24, 2.45) is 0 Å². The van der Waals surface area contributed by atoms with Gasteiger partial charge in [-0.1, -0.05) is 6.92 Å². The molecule has 0 aromatic rings. The summed E-state index contributed by atoms with van der Waals surface area (Å²) in [5, 5.41) is 0. The van der Waals surface area contributed by atoms with Crippen molar-refractivity contribution >= 4 is 0 Å². The number of hydrogen-bond donors (Lipinski definition) is 0. The van der Waals surface area contributed by atoms with Crippen LogP contribution >= 0.6 is 0 Å². The minimum absolute atomic E-state index is 0. The molecule has 0 spiro atoms. The van der Waals surface area contributed by atoms with Gasteiger partial charge in [0.05, 0.1) is 0 Å². The van der Waals surface area contributed by atoms with Crippen LogP contribution in [0.3, 0.4) is 0 Å². The molecule has 1 heteroatoms. The first-order valence-electron chi connectivity index (χ1n) is 1.58. The molecule has 0 aromatic heterocycles. The van der Waals surface area contributed by atoms with E-state index < -0.39 is 0 Å². The van der Waals surface area contributed by atoms with Crippen LogP contribution in [0.1, 0.15) is 6.92 Å². The van der Waals surface area contributed by atoms with Crippen LogP contribution in [0.4, 0.5) is 0 Å². The minimum Gasteiger partial charge on any atom is -0.293 e. The Morgan fingerprint density at radius 1 is 1.50 bits per heavy atom. The molecule has 0 saturated carbocycles. The van der Waals surface area contributed by atoms with E-state index in [1.54, 1.807) is 6.08 Å². The molecule has 0 aliphatic carbocycles. The predicted octanol–water partition coefficient (Wildman–Crippen LogP) is 1.55. The summed E-state index contributed by atoms with van der Waals surface area (Å²) in [5.41, 5.74) is 0. The summed E-state index contributed by atoms with van der Waals surface area (Å²) in [6, 6.07) is 0. The average Bonchev–Trinajstić information content (AvgIpc) is 1.41. The first-order chi connectivity index (χ1) is 2.41. The van der Waals surface area contributed by atoms with Crippen molar-refractivity contribution in [3.8, 4) is 0 Å². The largest absolute Gasteiger partial charge is 0.293 e. The Kier molecular flexibility index (Phi) is 14.1. The smallest absolute Gasteiger partial charge is 0 e. The van der Waals surface area contributed by atoms with E-state index in [2.05, 4.69) is 0 Å². The molecule has 0 N–H and O–H groups in total. The first-order valence-corrected chi connectivity index (χ1v) is 1.58. The molecule has 0 aliphatic heterocycles. The Morgan fingerprint density at radius 3 is 2.00 bits per heavy atom. The second-order valence-corrected chi connectivity index (χ2v) is 0.718. The van der Waals surface area contributed by atoms with Crippen molar-refractivity contribution in [2.45, 2.75) is 6.92 Å². The van der Waals surface area contributed by atoms with E-state index in [1.807, 2.05) is 13.0 Å². The van der Waals surface area contributed by atoms with E-state index in [1.165, 1.54) is 6.08 Å². The van der Waals surface area contributed by atoms with Gasteiger partial charge in [0.25, 0.3) is 0 Å². The van der Waals surface area contributed by atoms with E-state index in [0.29, 0.717) is 0 Å². The van der Waals surface area contributed by atoms with Crippen LogP contribution in [0.5, 0.6) is 0 Å². The molecule has 0 saturated heterocycles. The summed E-state index contributed by atoms with van der Waals surface area (Å²) in [4.78, 5) is 0. The van der Waals surface area contributed by atoms with Gasteiger partial charge in [0.2, 0.25) is 0 Å². The molecule has 0 atom stereocenters. The van der Waals surface area contributed by atoms with Gasteiger partial charge in [-0.25, -0.2) is 12.2 Å². The summed E-state index contributed by atoms with van der Waals surface area (Å²) >= 11 is 0. The first kappa shape index (κ1) is 9.46. The van der Waals surface area contributed by atoms with Gasteiger partial charge >= 0.3 is 0 Å². The standard InChI is InChI=1S/C5H7.Ir/c1-3-5-4-2;/h1,3-5H,2H3;/q-1;/b5-4+;. The zero-order valence-electron chi connectivity index (χ0n) is 3.64. The maximum absolute atomic E-state index is 4.93. The molecule has 0 rings (SSSR count). The Hall–Kier alpha value is 0.129. The molecule has 0 unspecified atom stereocenters. The van der Waals surface area contributed by atoms with Crippen LogP contribution in [-0.2, 0) is 20.1 Å². The molecule has 37 valence electrons. The zero-order chi connectivity index (χ0) is 4.12. The second-order valence-electron chi connectivity index (χ2n) is 0.718. The normalized spacial score (nSPS) is 7.50. The van der Waals surface area contributed by atoms with E-state index in [-0.39, 0.29) is 20.1 Å². The zero-order valence-corrected chi connectivity index (χ0v) is 6.04. The van der Waals surface area contributed by atoms with Crippen LogP contribution in [0.25, 0.3) is 0 Å². The fraction of sp³-hybridized carbons (Fsp3) is 0.200. The molecule has 0 aliphatic rings. The van der Waals surface area contributed by atoms with E-state index >= 15 is 0 Å². The second kappa shape index (κ2) is 8.93. The number of allylic oxidation sites excluding steroid dienone is 3. The molecule has 0 amide bonds. The molecular formula is C5H7Ir-. The van der Waals surface area contributed by atoms with Crippen LogP contribution < -0.4 is 0 Å². The summed E-state index contributed by atoms with van der Waals surface area (Å²) in [5.74, 6) is 0. The van der Waals surface area contributed by atoms with Crippen molar-refractivity contribution in [1.82, 2.24) is 0 Å². The van der Waals surface area contributed by atoms with Crippen molar-refractivity contribution in [1.29, 1.82) is 0 Å². The van der Waals surface area contributed by atoms with Crippen molar-refractivity contribution in [3.63, 3.8) is 0 Å². The van der Waals surface area contributed by atoms with E-state index in [4.69, 9.17) is 6.58 Å². The van der Waals surface area contributed by atoms with Crippen molar-refractivity contribution in [2.75, 3.05) is 0 Å². The quantitative estimate of drug-likeness (QED) is 0.495. The molecule has 0 nitrogen and oxygen atoms in total. The summed E-state index contributed by atoms with van der Waals surface area (Å²) in [7, 11) is 0. The molecule has 6 heavy (non-hydrogen) atoms. The van der Waals surface area contributed by atoms with Gasteiger partial charge in [-0.3, -0.25) is 6.58 Å². The molecule has 0 bridgehead atoms. The fourth-order valence-electron chi connectivity index (χ4n) is 0.111. The van der Waals surface area contributed by atoms with Gasteiger partial charge in [-0.15, -0.1) is 0 Å². The van der Waals surface area contributed by atoms with Gasteiger partial charge in [-0.2, -0.15) is 6.08 Å². The number of rotatable bonds is 1.